The van der Waals surface area contributed by atoms with Crippen molar-refractivity contribution in [3.8, 4) is 11.5 Å². The van der Waals surface area contributed by atoms with Gasteiger partial charge in [-0.3, -0.25) is 25.2 Å². The van der Waals surface area contributed by atoms with Crippen LogP contribution in [0.2, 0.25) is 0 Å². The lowest BCUT2D eigenvalue weighted by molar-refractivity contribution is -0.131. The second-order valence-corrected chi connectivity index (χ2v) is 4.61. The molecule has 0 spiro atoms. The van der Waals surface area contributed by atoms with Gasteiger partial charge in [0.2, 0.25) is 6.10 Å². The maximum atomic E-state index is 12.0. The number of hydrogen-bond acceptors (Lipinski definition) is 6. The number of nitrogens with one attached hydrogen (secondary N) is 3. The number of carbonyl (C=O) groups is 2. The highest BCUT2D eigenvalue weighted by molar-refractivity contribution is 5.94. The Balaban J connectivity index is 1.57. The number of nitrogens with zero attached hydrogens (tertiary/aromatic N) is 1. The summed E-state index contributed by atoms with van der Waals surface area (Å²) in [6, 6.07) is 9.34. The summed E-state index contributed by atoms with van der Waals surface area (Å²) < 4.78 is 10.9. The summed E-state index contributed by atoms with van der Waals surface area (Å²) in [6.45, 7) is 0.0234. The lowest BCUT2D eigenvalue weighted by atomic mass is 10.2. The standard InChI is InChI=1S/C14H12N4O5/c19-12-6-5-8(15-16-12)13(20)17-18-14(21)11-7-22-9-3-1-2-4-10(9)23-11/h1-6,11H,7H2,(H,16,19)(H,17,20)(H,18,21)/t11-/m0/s1. The monoisotopic (exact) mass is 316 g/mol. The zero-order valence-corrected chi connectivity index (χ0v) is 11.7. The predicted octanol–water partition coefficient (Wildman–Crippen LogP) is -0.629. The van der Waals surface area contributed by atoms with Crippen molar-refractivity contribution >= 4 is 11.8 Å². The molecule has 118 valence electrons. The van der Waals surface area contributed by atoms with Gasteiger partial charge in [-0.05, 0) is 18.2 Å². The summed E-state index contributed by atoms with van der Waals surface area (Å²) in [5, 5.41) is 5.66. The number of benzene rings is 1. The molecule has 1 atom stereocenters. The molecule has 0 fully saturated rings. The Labute approximate surface area is 129 Å². The van der Waals surface area contributed by atoms with Gasteiger partial charge in [0.05, 0.1) is 0 Å². The van der Waals surface area contributed by atoms with Crippen LogP contribution >= 0.6 is 0 Å². The average Bonchev–Trinajstić information content (AvgIpc) is 2.59. The Bertz CT molecular complexity index is 783. The van der Waals surface area contributed by atoms with Crippen molar-refractivity contribution in [3.05, 3.63) is 52.4 Å². The maximum Gasteiger partial charge on any atom is 0.290 e. The van der Waals surface area contributed by atoms with Crippen LogP contribution in [0.1, 0.15) is 10.5 Å². The molecule has 3 N–H and O–H groups in total. The van der Waals surface area contributed by atoms with Crippen molar-refractivity contribution in [2.75, 3.05) is 6.61 Å². The number of hydrogen-bond donors (Lipinski definition) is 3. The van der Waals surface area contributed by atoms with Crippen LogP contribution in [0.3, 0.4) is 0 Å². The molecule has 2 aromatic rings. The molecule has 0 unspecified atom stereocenters. The lowest BCUT2D eigenvalue weighted by Crippen LogP contribution is -2.51. The molecule has 1 aliphatic rings. The van der Waals surface area contributed by atoms with Crippen molar-refractivity contribution in [1.82, 2.24) is 21.0 Å². The number of fused-ring (bicyclic) bond motifs is 1. The third kappa shape index (κ3) is 3.28. The molecule has 23 heavy (non-hydrogen) atoms. The van der Waals surface area contributed by atoms with E-state index in [1.54, 1.807) is 24.3 Å². The van der Waals surface area contributed by atoms with Crippen LogP contribution in [0.15, 0.2) is 41.2 Å². The number of aromatic nitrogens is 2. The number of ether oxygens (including phenoxy) is 2. The quantitative estimate of drug-likeness (QED) is 0.634. The topological polar surface area (TPSA) is 122 Å². The van der Waals surface area contributed by atoms with Gasteiger partial charge >= 0.3 is 0 Å². The van der Waals surface area contributed by atoms with Crippen molar-refractivity contribution in [2.45, 2.75) is 6.10 Å². The van der Waals surface area contributed by atoms with Gasteiger partial charge in [0.15, 0.2) is 17.2 Å². The molecule has 0 aliphatic carbocycles. The van der Waals surface area contributed by atoms with Gasteiger partial charge in [-0.25, -0.2) is 5.10 Å². The van der Waals surface area contributed by atoms with Crippen LogP contribution in [0.5, 0.6) is 11.5 Å². The zero-order chi connectivity index (χ0) is 16.2. The summed E-state index contributed by atoms with van der Waals surface area (Å²) in [7, 11) is 0. The maximum absolute atomic E-state index is 12.0. The Morgan fingerprint density at radius 1 is 1.13 bits per heavy atom. The molecule has 0 radical (unpaired) electrons. The summed E-state index contributed by atoms with van der Waals surface area (Å²) >= 11 is 0. The summed E-state index contributed by atoms with van der Waals surface area (Å²) in [4.78, 5) is 34.6. The molecule has 0 saturated heterocycles. The highest BCUT2D eigenvalue weighted by atomic mass is 16.6. The first-order valence-electron chi connectivity index (χ1n) is 6.68. The minimum atomic E-state index is -0.895. The fourth-order valence-electron chi connectivity index (χ4n) is 1.88. The van der Waals surface area contributed by atoms with Crippen molar-refractivity contribution < 1.29 is 19.1 Å². The molecule has 0 saturated carbocycles. The first-order valence-corrected chi connectivity index (χ1v) is 6.68. The van der Waals surface area contributed by atoms with Gasteiger partial charge < -0.3 is 9.47 Å². The van der Waals surface area contributed by atoms with Gasteiger partial charge in [-0.1, -0.05) is 12.1 Å². The van der Waals surface area contributed by atoms with Crippen LogP contribution < -0.4 is 25.9 Å². The SMILES string of the molecule is O=C(NNC(=O)[C@@H]1COc2ccccc2O1)c1ccc(=O)[nH]n1. The fraction of sp³-hybridized carbons (Fsp3) is 0.143. The second-order valence-electron chi connectivity index (χ2n) is 4.61. The number of H-pyrrole nitrogens is 1. The number of amides is 2. The van der Waals surface area contributed by atoms with Gasteiger partial charge in [0, 0.05) is 6.07 Å². The van der Waals surface area contributed by atoms with E-state index >= 15 is 0 Å². The molecule has 1 aliphatic heterocycles. The van der Waals surface area contributed by atoms with Crippen molar-refractivity contribution in [2.24, 2.45) is 0 Å². The highest BCUT2D eigenvalue weighted by Gasteiger charge is 2.27. The second kappa shape index (κ2) is 6.18. The van der Waals surface area contributed by atoms with E-state index in [1.807, 2.05) is 0 Å². The van der Waals surface area contributed by atoms with Crippen LogP contribution in [0.4, 0.5) is 0 Å². The minimum absolute atomic E-state index is 0.0234. The molecule has 1 aromatic heterocycles. The van der Waals surface area contributed by atoms with Crippen molar-refractivity contribution in [1.29, 1.82) is 0 Å². The summed E-state index contributed by atoms with van der Waals surface area (Å²) in [5.74, 6) is -0.241. The van der Waals surface area contributed by atoms with E-state index in [0.29, 0.717) is 11.5 Å². The Morgan fingerprint density at radius 2 is 1.91 bits per heavy atom. The van der Waals surface area contributed by atoms with E-state index < -0.39 is 23.5 Å². The Kier molecular flexibility index (Phi) is 3.91. The number of carbonyl (C=O) groups excluding carboxylic acids is 2. The largest absolute Gasteiger partial charge is 0.485 e. The van der Waals surface area contributed by atoms with Gasteiger partial charge in [-0.15, -0.1) is 0 Å². The van der Waals surface area contributed by atoms with Gasteiger partial charge in [0.25, 0.3) is 17.4 Å². The first kappa shape index (κ1) is 14.6. The third-order valence-corrected chi connectivity index (χ3v) is 3.01. The average molecular weight is 316 g/mol. The van der Waals surface area contributed by atoms with E-state index in [2.05, 4.69) is 21.0 Å². The lowest BCUT2D eigenvalue weighted by Gasteiger charge is -2.25. The van der Waals surface area contributed by atoms with Crippen LogP contribution in [-0.2, 0) is 4.79 Å². The molecule has 3 rings (SSSR count). The van der Waals surface area contributed by atoms with E-state index in [9.17, 15) is 14.4 Å². The molecule has 2 heterocycles. The first-order chi connectivity index (χ1) is 11.1. The number of rotatable bonds is 2. The molecular weight excluding hydrogens is 304 g/mol. The van der Waals surface area contributed by atoms with E-state index in [-0.39, 0.29) is 12.3 Å². The van der Waals surface area contributed by atoms with Crippen LogP contribution in [0, 0.1) is 0 Å². The molecule has 0 bridgehead atoms. The Morgan fingerprint density at radius 3 is 2.65 bits per heavy atom. The van der Waals surface area contributed by atoms with Gasteiger partial charge in [0.1, 0.15) is 6.61 Å². The minimum Gasteiger partial charge on any atom is -0.485 e. The highest BCUT2D eigenvalue weighted by Crippen LogP contribution is 2.30. The Hall–Kier alpha value is -3.36. The molecule has 1 aromatic carbocycles. The third-order valence-electron chi connectivity index (χ3n) is 3.01. The summed E-state index contributed by atoms with van der Waals surface area (Å²) in [5.41, 5.74) is 3.92. The normalized spacial score (nSPS) is 15.6. The zero-order valence-electron chi connectivity index (χ0n) is 11.7. The van der Waals surface area contributed by atoms with Crippen LogP contribution in [0.25, 0.3) is 0 Å². The van der Waals surface area contributed by atoms with E-state index in [4.69, 9.17) is 9.47 Å². The molecule has 2 amide bonds. The van der Waals surface area contributed by atoms with E-state index in [0.717, 1.165) is 6.07 Å². The predicted molar refractivity (Wildman–Crippen MR) is 76.8 cm³/mol. The molecule has 9 nitrogen and oxygen atoms in total. The van der Waals surface area contributed by atoms with Crippen LogP contribution in [-0.4, -0.2) is 34.7 Å². The molecule has 9 heteroatoms. The number of aromatic amines is 1. The smallest absolute Gasteiger partial charge is 0.290 e. The number of para-hydroxylation sites is 2. The van der Waals surface area contributed by atoms with Crippen molar-refractivity contribution in [3.63, 3.8) is 0 Å². The van der Waals surface area contributed by atoms with E-state index in [1.165, 1.54) is 6.07 Å². The molecular formula is C14H12N4O5. The fourth-order valence-corrected chi connectivity index (χ4v) is 1.88. The number of hydrazine groups is 1. The van der Waals surface area contributed by atoms with Gasteiger partial charge in [-0.2, -0.15) is 5.10 Å². The summed E-state index contributed by atoms with van der Waals surface area (Å²) in [6.07, 6.45) is -0.895.